The Labute approximate surface area is 114 Å². The number of benzene rings is 1. The summed E-state index contributed by atoms with van der Waals surface area (Å²) in [6.07, 6.45) is 2.53. The Kier molecular flexibility index (Phi) is 4.42. The van der Waals surface area contributed by atoms with E-state index in [1.807, 2.05) is 24.3 Å². The molecule has 3 nitrogen and oxygen atoms in total. The number of nitrogens with zero attached hydrogens (tertiary/aromatic N) is 1. The Morgan fingerprint density at radius 1 is 1.50 bits per heavy atom. The van der Waals surface area contributed by atoms with Gasteiger partial charge in [-0.3, -0.25) is 0 Å². The van der Waals surface area contributed by atoms with Gasteiger partial charge in [-0.05, 0) is 43.1 Å². The van der Waals surface area contributed by atoms with Crippen molar-refractivity contribution in [3.63, 3.8) is 0 Å². The van der Waals surface area contributed by atoms with Crippen molar-refractivity contribution in [1.29, 1.82) is 0 Å². The monoisotopic (exact) mass is 264 g/mol. The maximum absolute atomic E-state index is 5.46. The average Bonchev–Trinajstić information content (AvgIpc) is 2.39. The van der Waals surface area contributed by atoms with Gasteiger partial charge in [0.25, 0.3) is 0 Å². The Hall–Kier alpha value is -1.29. The highest BCUT2D eigenvalue weighted by molar-refractivity contribution is 7.80. The molecule has 1 atom stereocenters. The molecular weight excluding hydrogens is 244 g/mol. The standard InChI is InChI=1S/C14H20N2OS/c1-11-5-4-8-16(10-11)14(18)15-12-6-3-7-13(9-12)17-2/h3,6-7,9,11H,4-5,8,10H2,1-2H3,(H,15,18)/t11-/m0/s1. The van der Waals surface area contributed by atoms with E-state index in [9.17, 15) is 0 Å². The number of methoxy groups -OCH3 is 1. The molecule has 0 spiro atoms. The van der Waals surface area contributed by atoms with Gasteiger partial charge >= 0.3 is 0 Å². The molecule has 0 unspecified atom stereocenters. The van der Waals surface area contributed by atoms with Gasteiger partial charge in [-0.1, -0.05) is 13.0 Å². The van der Waals surface area contributed by atoms with Gasteiger partial charge in [0.1, 0.15) is 5.75 Å². The van der Waals surface area contributed by atoms with Crippen LogP contribution in [-0.4, -0.2) is 30.2 Å². The number of likely N-dealkylation sites (tertiary alicyclic amines) is 1. The second-order valence-electron chi connectivity index (χ2n) is 4.86. The van der Waals surface area contributed by atoms with Gasteiger partial charge in [0.15, 0.2) is 5.11 Å². The topological polar surface area (TPSA) is 24.5 Å². The molecule has 1 aliphatic heterocycles. The van der Waals surface area contributed by atoms with Crippen molar-refractivity contribution in [2.24, 2.45) is 5.92 Å². The van der Waals surface area contributed by atoms with Crippen LogP contribution >= 0.6 is 12.2 Å². The third-order valence-electron chi connectivity index (χ3n) is 3.27. The lowest BCUT2D eigenvalue weighted by Gasteiger charge is -2.33. The summed E-state index contributed by atoms with van der Waals surface area (Å²) in [7, 11) is 1.67. The van der Waals surface area contributed by atoms with E-state index >= 15 is 0 Å². The highest BCUT2D eigenvalue weighted by Gasteiger charge is 2.18. The molecule has 4 heteroatoms. The number of hydrogen-bond acceptors (Lipinski definition) is 2. The molecule has 0 saturated carbocycles. The number of ether oxygens (including phenoxy) is 1. The van der Waals surface area contributed by atoms with Gasteiger partial charge < -0.3 is 15.0 Å². The first-order valence-corrected chi connectivity index (χ1v) is 6.80. The van der Waals surface area contributed by atoms with E-state index in [2.05, 4.69) is 17.1 Å². The molecule has 1 saturated heterocycles. The summed E-state index contributed by atoms with van der Waals surface area (Å²) < 4.78 is 5.20. The zero-order chi connectivity index (χ0) is 13.0. The lowest BCUT2D eigenvalue weighted by Crippen LogP contribution is -2.41. The number of hydrogen-bond donors (Lipinski definition) is 1. The first-order chi connectivity index (χ1) is 8.69. The summed E-state index contributed by atoms with van der Waals surface area (Å²) in [5, 5.41) is 4.10. The van der Waals surface area contributed by atoms with E-state index in [1.165, 1.54) is 12.8 Å². The third kappa shape index (κ3) is 3.35. The van der Waals surface area contributed by atoms with Crippen LogP contribution in [0.2, 0.25) is 0 Å². The predicted octanol–water partition coefficient (Wildman–Crippen LogP) is 3.12. The molecule has 0 amide bonds. The van der Waals surface area contributed by atoms with Gasteiger partial charge in [-0.2, -0.15) is 0 Å². The maximum atomic E-state index is 5.46. The normalized spacial score (nSPS) is 19.4. The second-order valence-corrected chi connectivity index (χ2v) is 5.24. The van der Waals surface area contributed by atoms with Crippen molar-refractivity contribution in [3.05, 3.63) is 24.3 Å². The van der Waals surface area contributed by atoms with Crippen molar-refractivity contribution < 1.29 is 4.74 Å². The van der Waals surface area contributed by atoms with Crippen LogP contribution in [0.3, 0.4) is 0 Å². The lowest BCUT2D eigenvalue weighted by atomic mass is 10.0. The van der Waals surface area contributed by atoms with Gasteiger partial charge in [0.2, 0.25) is 0 Å². The van der Waals surface area contributed by atoms with Crippen LogP contribution in [0.15, 0.2) is 24.3 Å². The van der Waals surface area contributed by atoms with Gasteiger partial charge in [0, 0.05) is 24.8 Å². The van der Waals surface area contributed by atoms with Crippen molar-refractivity contribution in [1.82, 2.24) is 4.90 Å². The van der Waals surface area contributed by atoms with Crippen LogP contribution in [-0.2, 0) is 0 Å². The minimum absolute atomic E-state index is 0.726. The summed E-state index contributed by atoms with van der Waals surface area (Å²) in [5.74, 6) is 1.57. The molecule has 1 aromatic rings. The molecule has 0 aliphatic carbocycles. The van der Waals surface area contributed by atoms with E-state index < -0.39 is 0 Å². The molecule has 1 aliphatic rings. The van der Waals surface area contributed by atoms with E-state index in [1.54, 1.807) is 7.11 Å². The fourth-order valence-electron chi connectivity index (χ4n) is 2.28. The first kappa shape index (κ1) is 13.1. The Balaban J connectivity index is 1.97. The quantitative estimate of drug-likeness (QED) is 0.830. The molecule has 0 bridgehead atoms. The predicted molar refractivity (Wildman–Crippen MR) is 79.2 cm³/mol. The molecule has 1 N–H and O–H groups in total. The molecule has 0 aromatic heterocycles. The SMILES string of the molecule is COc1cccc(NC(=S)N2CCC[C@H](C)C2)c1. The van der Waals surface area contributed by atoms with Gasteiger partial charge in [0.05, 0.1) is 7.11 Å². The number of thiocarbonyl (C=S) groups is 1. The van der Waals surface area contributed by atoms with Crippen LogP contribution in [0.5, 0.6) is 5.75 Å². The van der Waals surface area contributed by atoms with Crippen LogP contribution in [0.1, 0.15) is 19.8 Å². The third-order valence-corrected chi connectivity index (χ3v) is 3.63. The van der Waals surface area contributed by atoms with E-state index in [0.29, 0.717) is 0 Å². The molecule has 2 rings (SSSR count). The molecule has 18 heavy (non-hydrogen) atoms. The lowest BCUT2D eigenvalue weighted by molar-refractivity contribution is 0.276. The van der Waals surface area contributed by atoms with E-state index in [4.69, 9.17) is 17.0 Å². The van der Waals surface area contributed by atoms with Gasteiger partial charge in [-0.15, -0.1) is 0 Å². The van der Waals surface area contributed by atoms with Crippen LogP contribution in [0, 0.1) is 5.92 Å². The highest BCUT2D eigenvalue weighted by atomic mass is 32.1. The van der Waals surface area contributed by atoms with Crippen LogP contribution < -0.4 is 10.1 Å². The Morgan fingerprint density at radius 2 is 2.33 bits per heavy atom. The first-order valence-electron chi connectivity index (χ1n) is 6.39. The van der Waals surface area contributed by atoms with Crippen molar-refractivity contribution >= 4 is 23.0 Å². The van der Waals surface area contributed by atoms with Crippen molar-refractivity contribution in [2.45, 2.75) is 19.8 Å². The minimum Gasteiger partial charge on any atom is -0.497 e. The second kappa shape index (κ2) is 6.05. The fourth-order valence-corrected chi connectivity index (χ4v) is 2.56. The Morgan fingerprint density at radius 3 is 3.06 bits per heavy atom. The molecule has 1 fully saturated rings. The summed E-state index contributed by atoms with van der Waals surface area (Å²) in [6, 6.07) is 7.85. The average molecular weight is 264 g/mol. The van der Waals surface area contributed by atoms with Crippen LogP contribution in [0.25, 0.3) is 0 Å². The summed E-state index contributed by atoms with van der Waals surface area (Å²) in [5.41, 5.74) is 0.984. The number of piperidine rings is 1. The highest BCUT2D eigenvalue weighted by Crippen LogP contribution is 2.19. The summed E-state index contributed by atoms with van der Waals surface area (Å²) in [4.78, 5) is 2.25. The molecule has 0 radical (unpaired) electrons. The van der Waals surface area contributed by atoms with E-state index in [-0.39, 0.29) is 0 Å². The zero-order valence-electron chi connectivity index (χ0n) is 11.0. The van der Waals surface area contributed by atoms with Crippen LogP contribution in [0.4, 0.5) is 5.69 Å². The van der Waals surface area contributed by atoms with Crippen molar-refractivity contribution in [2.75, 3.05) is 25.5 Å². The summed E-state index contributed by atoms with van der Waals surface area (Å²) >= 11 is 5.46. The number of anilines is 1. The van der Waals surface area contributed by atoms with Gasteiger partial charge in [-0.25, -0.2) is 0 Å². The number of rotatable bonds is 2. The zero-order valence-corrected chi connectivity index (χ0v) is 11.8. The van der Waals surface area contributed by atoms with Crippen molar-refractivity contribution in [3.8, 4) is 5.75 Å². The molecule has 1 aromatic carbocycles. The molecular formula is C14H20N2OS. The fraction of sp³-hybridized carbons (Fsp3) is 0.500. The maximum Gasteiger partial charge on any atom is 0.173 e. The van der Waals surface area contributed by atoms with E-state index in [0.717, 1.165) is 35.6 Å². The molecule has 98 valence electrons. The number of nitrogens with one attached hydrogen (secondary N) is 1. The minimum atomic E-state index is 0.726. The smallest absolute Gasteiger partial charge is 0.173 e. The Bertz CT molecular complexity index is 422. The summed E-state index contributed by atoms with van der Waals surface area (Å²) in [6.45, 7) is 4.39. The molecule has 1 heterocycles. The largest absolute Gasteiger partial charge is 0.497 e.